The molecule has 0 aliphatic heterocycles. The van der Waals surface area contributed by atoms with E-state index in [0.717, 1.165) is 22.1 Å². The largest absolute Gasteiger partial charge is 0.506 e. The molecule has 2 aromatic carbocycles. The van der Waals surface area contributed by atoms with Crippen LogP contribution >= 0.6 is 0 Å². The van der Waals surface area contributed by atoms with Gasteiger partial charge in [0, 0.05) is 0 Å². The summed E-state index contributed by atoms with van der Waals surface area (Å²) >= 11 is 0. The average Bonchev–Trinajstić information content (AvgIpc) is 2.42. The molecule has 2 rings (SSSR count). The smallest absolute Gasteiger partial charge is 0.255 e. The number of phenols is 1. The normalized spacial score (nSPS) is 11.7. The third kappa shape index (κ3) is 4.36. The summed E-state index contributed by atoms with van der Waals surface area (Å²) in [6.45, 7) is 3.78. The van der Waals surface area contributed by atoms with Crippen LogP contribution in [0.1, 0.15) is 16.7 Å². The minimum atomic E-state index is -3.67. The fraction of sp³-hybridized carbons (Fsp3) is 0.125. The van der Waals surface area contributed by atoms with E-state index in [9.17, 15) is 13.5 Å². The second-order valence-electron chi connectivity index (χ2n) is 4.88. The Morgan fingerprint density at radius 3 is 2.29 bits per heavy atom. The van der Waals surface area contributed by atoms with Crippen LogP contribution in [0.3, 0.4) is 0 Å². The predicted molar refractivity (Wildman–Crippen MR) is 85.6 cm³/mol. The summed E-state index contributed by atoms with van der Waals surface area (Å²) < 4.78 is 26.3. The number of aromatic hydroxyl groups is 1. The van der Waals surface area contributed by atoms with E-state index in [1.807, 2.05) is 38.1 Å². The van der Waals surface area contributed by atoms with Gasteiger partial charge in [-0.05, 0) is 43.2 Å². The standard InChI is InChI=1S/C16H17NO3S/c1-12-3-6-14(7-4-12)9-10-21(19,20)17-15-11-13(2)5-8-16(15)18/h3-11,17-18H,1-2H3. The molecule has 0 spiro atoms. The fourth-order valence-corrected chi connectivity index (χ4v) is 2.64. The Bertz CT molecular complexity index is 763. The number of aryl methyl sites for hydroxylation is 2. The summed E-state index contributed by atoms with van der Waals surface area (Å²) in [4.78, 5) is 0. The molecule has 0 saturated carbocycles. The summed E-state index contributed by atoms with van der Waals surface area (Å²) in [6, 6.07) is 12.2. The second kappa shape index (κ2) is 6.01. The highest BCUT2D eigenvalue weighted by molar-refractivity contribution is 7.95. The molecule has 2 N–H and O–H groups in total. The SMILES string of the molecule is Cc1ccc(C=CS(=O)(=O)Nc2cc(C)ccc2O)cc1. The highest BCUT2D eigenvalue weighted by atomic mass is 32.2. The number of rotatable bonds is 4. The third-order valence-electron chi connectivity index (χ3n) is 2.92. The first-order valence-electron chi connectivity index (χ1n) is 6.43. The molecule has 0 heterocycles. The molecule has 110 valence electrons. The van der Waals surface area contributed by atoms with Gasteiger partial charge in [0.1, 0.15) is 5.75 Å². The minimum absolute atomic E-state index is 0.104. The van der Waals surface area contributed by atoms with Crippen LogP contribution in [0.15, 0.2) is 47.9 Å². The molecule has 0 amide bonds. The number of benzene rings is 2. The van der Waals surface area contributed by atoms with Crippen molar-refractivity contribution in [3.8, 4) is 5.75 Å². The lowest BCUT2D eigenvalue weighted by molar-refractivity contribution is 0.477. The summed E-state index contributed by atoms with van der Waals surface area (Å²) in [5.41, 5.74) is 2.92. The van der Waals surface area contributed by atoms with Crippen molar-refractivity contribution in [3.05, 3.63) is 64.6 Å². The predicted octanol–water partition coefficient (Wildman–Crippen LogP) is 3.42. The van der Waals surface area contributed by atoms with Crippen molar-refractivity contribution in [2.45, 2.75) is 13.8 Å². The van der Waals surface area contributed by atoms with Gasteiger partial charge >= 0.3 is 0 Å². The lowest BCUT2D eigenvalue weighted by atomic mass is 10.2. The maximum Gasteiger partial charge on any atom is 0.255 e. The van der Waals surface area contributed by atoms with E-state index in [1.165, 1.54) is 12.1 Å². The number of hydrogen-bond donors (Lipinski definition) is 2. The number of hydrogen-bond acceptors (Lipinski definition) is 3. The van der Waals surface area contributed by atoms with Crippen molar-refractivity contribution in [1.29, 1.82) is 0 Å². The van der Waals surface area contributed by atoms with Gasteiger partial charge in [-0.1, -0.05) is 35.9 Å². The number of sulfonamides is 1. The van der Waals surface area contributed by atoms with E-state index >= 15 is 0 Å². The zero-order valence-electron chi connectivity index (χ0n) is 11.9. The summed E-state index contributed by atoms with van der Waals surface area (Å²) in [5.74, 6) is -0.104. The molecule has 0 atom stereocenters. The molecule has 0 aliphatic rings. The Labute approximate surface area is 124 Å². The molecule has 0 aromatic heterocycles. The van der Waals surface area contributed by atoms with Crippen LogP contribution in [0, 0.1) is 13.8 Å². The van der Waals surface area contributed by atoms with Crippen molar-refractivity contribution in [3.63, 3.8) is 0 Å². The highest BCUT2D eigenvalue weighted by Crippen LogP contribution is 2.25. The maximum absolute atomic E-state index is 12.0. The topological polar surface area (TPSA) is 66.4 Å². The molecule has 5 heteroatoms. The Hall–Kier alpha value is -2.27. The van der Waals surface area contributed by atoms with Crippen LogP contribution in [0.4, 0.5) is 5.69 Å². The highest BCUT2D eigenvalue weighted by Gasteiger charge is 2.09. The molecule has 0 fully saturated rings. The first-order chi connectivity index (χ1) is 9.85. The van der Waals surface area contributed by atoms with E-state index in [2.05, 4.69) is 4.72 Å². The molecule has 0 saturated heterocycles. The van der Waals surface area contributed by atoms with Gasteiger partial charge in [0.05, 0.1) is 11.1 Å². The molecule has 2 aromatic rings. The number of anilines is 1. The van der Waals surface area contributed by atoms with Gasteiger partial charge in [0.25, 0.3) is 10.0 Å². The molecule has 4 nitrogen and oxygen atoms in total. The Morgan fingerprint density at radius 1 is 1.00 bits per heavy atom. The van der Waals surface area contributed by atoms with Crippen molar-refractivity contribution >= 4 is 21.8 Å². The quantitative estimate of drug-likeness (QED) is 0.850. The molecule has 0 aliphatic carbocycles. The van der Waals surface area contributed by atoms with Crippen LogP contribution in [0.2, 0.25) is 0 Å². The Balaban J connectivity index is 2.18. The molecular weight excluding hydrogens is 286 g/mol. The van der Waals surface area contributed by atoms with E-state index in [-0.39, 0.29) is 11.4 Å². The monoisotopic (exact) mass is 303 g/mol. The van der Waals surface area contributed by atoms with Gasteiger partial charge < -0.3 is 5.11 Å². The molecule has 0 unspecified atom stereocenters. The molecular formula is C16H17NO3S. The van der Waals surface area contributed by atoms with Gasteiger partial charge in [-0.3, -0.25) is 4.72 Å². The number of phenolic OH excluding ortho intramolecular Hbond substituents is 1. The van der Waals surface area contributed by atoms with Crippen molar-refractivity contribution in [2.24, 2.45) is 0 Å². The van der Waals surface area contributed by atoms with Gasteiger partial charge in [0.2, 0.25) is 0 Å². The lowest BCUT2D eigenvalue weighted by Gasteiger charge is -2.07. The molecule has 0 radical (unpaired) electrons. The number of nitrogens with one attached hydrogen (secondary N) is 1. The van der Waals surface area contributed by atoms with E-state index in [4.69, 9.17) is 0 Å². The van der Waals surface area contributed by atoms with Gasteiger partial charge in [-0.2, -0.15) is 0 Å². The first-order valence-corrected chi connectivity index (χ1v) is 7.97. The first kappa shape index (κ1) is 15.1. The average molecular weight is 303 g/mol. The van der Waals surface area contributed by atoms with Crippen LogP contribution in [0.5, 0.6) is 5.75 Å². The fourth-order valence-electron chi connectivity index (χ4n) is 1.76. The van der Waals surface area contributed by atoms with Crippen LogP contribution in [-0.2, 0) is 10.0 Å². The lowest BCUT2D eigenvalue weighted by Crippen LogP contribution is -2.09. The van der Waals surface area contributed by atoms with Crippen molar-refractivity contribution in [2.75, 3.05) is 4.72 Å². The summed E-state index contributed by atoms with van der Waals surface area (Å²) in [5, 5.41) is 10.7. The van der Waals surface area contributed by atoms with Crippen LogP contribution in [0.25, 0.3) is 6.08 Å². The van der Waals surface area contributed by atoms with Gasteiger partial charge in [-0.15, -0.1) is 0 Å². The van der Waals surface area contributed by atoms with E-state index in [0.29, 0.717) is 0 Å². The molecule has 0 bridgehead atoms. The molecule has 21 heavy (non-hydrogen) atoms. The van der Waals surface area contributed by atoms with Gasteiger partial charge in [-0.25, -0.2) is 8.42 Å². The van der Waals surface area contributed by atoms with Crippen molar-refractivity contribution < 1.29 is 13.5 Å². The Kier molecular flexibility index (Phi) is 4.33. The zero-order valence-corrected chi connectivity index (χ0v) is 12.7. The van der Waals surface area contributed by atoms with Crippen LogP contribution in [-0.4, -0.2) is 13.5 Å². The minimum Gasteiger partial charge on any atom is -0.506 e. The summed E-state index contributed by atoms with van der Waals surface area (Å²) in [7, 11) is -3.67. The zero-order chi connectivity index (χ0) is 15.5. The van der Waals surface area contributed by atoms with Crippen molar-refractivity contribution in [1.82, 2.24) is 0 Å². The van der Waals surface area contributed by atoms with E-state index in [1.54, 1.807) is 12.1 Å². The maximum atomic E-state index is 12.0. The van der Waals surface area contributed by atoms with Gasteiger partial charge in [0.15, 0.2) is 0 Å². The van der Waals surface area contributed by atoms with E-state index < -0.39 is 10.0 Å². The Morgan fingerprint density at radius 2 is 1.62 bits per heavy atom. The third-order valence-corrected chi connectivity index (χ3v) is 3.92. The second-order valence-corrected chi connectivity index (χ2v) is 6.45. The summed E-state index contributed by atoms with van der Waals surface area (Å²) in [6.07, 6.45) is 1.51. The van der Waals surface area contributed by atoms with Crippen LogP contribution < -0.4 is 4.72 Å².